The van der Waals surface area contributed by atoms with Crippen molar-refractivity contribution < 1.29 is 9.84 Å². The van der Waals surface area contributed by atoms with Gasteiger partial charge in [-0.3, -0.25) is 9.36 Å². The molecule has 0 aliphatic heterocycles. The SMILES string of the molecule is COc1cc(/C=C/c2nc3ccc(I)cc3c(=O)n2-c2cc(Br)ccc2Br)ccc1O. The molecule has 0 atom stereocenters. The predicted octanol–water partition coefficient (Wildman–Crippen LogP) is 6.40. The van der Waals surface area contributed by atoms with Crippen LogP contribution in [-0.2, 0) is 0 Å². The smallest absolute Gasteiger partial charge is 0.266 e. The summed E-state index contributed by atoms with van der Waals surface area (Å²) in [6.07, 6.45) is 3.60. The van der Waals surface area contributed by atoms with Crippen LogP contribution in [0.4, 0.5) is 0 Å². The minimum Gasteiger partial charge on any atom is -0.504 e. The molecule has 0 bridgehead atoms. The Morgan fingerprint density at radius 2 is 1.87 bits per heavy atom. The number of aromatic hydroxyl groups is 1. The number of fused-ring (bicyclic) bond motifs is 1. The lowest BCUT2D eigenvalue weighted by Gasteiger charge is -2.14. The van der Waals surface area contributed by atoms with Crippen LogP contribution in [0.3, 0.4) is 0 Å². The van der Waals surface area contributed by atoms with Crippen molar-refractivity contribution in [2.45, 2.75) is 0 Å². The molecule has 0 spiro atoms. The van der Waals surface area contributed by atoms with E-state index in [0.717, 1.165) is 18.1 Å². The quantitative estimate of drug-likeness (QED) is 0.259. The van der Waals surface area contributed by atoms with Crippen LogP contribution >= 0.6 is 54.5 Å². The summed E-state index contributed by atoms with van der Waals surface area (Å²) in [4.78, 5) is 18.3. The first kappa shape index (κ1) is 22.0. The second-order valence-corrected chi connectivity index (χ2v) is 9.65. The molecule has 156 valence electrons. The van der Waals surface area contributed by atoms with E-state index in [1.54, 1.807) is 28.8 Å². The zero-order valence-electron chi connectivity index (χ0n) is 16.1. The predicted molar refractivity (Wildman–Crippen MR) is 139 cm³/mol. The molecule has 3 aromatic carbocycles. The van der Waals surface area contributed by atoms with E-state index in [0.29, 0.717) is 28.2 Å². The maximum Gasteiger partial charge on any atom is 0.266 e. The van der Waals surface area contributed by atoms with Gasteiger partial charge in [0.25, 0.3) is 5.56 Å². The van der Waals surface area contributed by atoms with E-state index in [1.165, 1.54) is 7.11 Å². The number of nitrogens with zero attached hydrogens (tertiary/aromatic N) is 2. The molecule has 31 heavy (non-hydrogen) atoms. The molecule has 0 unspecified atom stereocenters. The Bertz CT molecular complexity index is 1400. The number of rotatable bonds is 4. The van der Waals surface area contributed by atoms with Gasteiger partial charge >= 0.3 is 0 Å². The minimum atomic E-state index is -0.162. The number of benzene rings is 3. The number of halogens is 3. The number of methoxy groups -OCH3 is 1. The first-order valence-corrected chi connectivity index (χ1v) is 11.8. The average molecular weight is 654 g/mol. The maximum atomic E-state index is 13.5. The van der Waals surface area contributed by atoms with Crippen molar-refractivity contribution in [3.63, 3.8) is 0 Å². The zero-order valence-corrected chi connectivity index (χ0v) is 21.5. The van der Waals surface area contributed by atoms with E-state index in [4.69, 9.17) is 9.72 Å². The van der Waals surface area contributed by atoms with Gasteiger partial charge in [-0.2, -0.15) is 0 Å². The Hall–Kier alpha value is -2.17. The first-order valence-electron chi connectivity index (χ1n) is 9.10. The molecular weight excluding hydrogens is 639 g/mol. The number of ether oxygens (including phenoxy) is 1. The summed E-state index contributed by atoms with van der Waals surface area (Å²) in [5.41, 5.74) is 1.93. The Morgan fingerprint density at radius 3 is 2.65 bits per heavy atom. The fourth-order valence-corrected chi connectivity index (χ4v) is 4.41. The number of aromatic nitrogens is 2. The first-order chi connectivity index (χ1) is 14.9. The molecule has 0 radical (unpaired) electrons. The third kappa shape index (κ3) is 4.56. The molecule has 0 aliphatic rings. The average Bonchev–Trinajstić information content (AvgIpc) is 2.75. The van der Waals surface area contributed by atoms with Gasteiger partial charge in [0.05, 0.1) is 23.7 Å². The normalized spacial score (nSPS) is 11.4. The minimum absolute atomic E-state index is 0.0630. The van der Waals surface area contributed by atoms with Crippen LogP contribution in [-0.4, -0.2) is 21.8 Å². The number of phenols is 1. The van der Waals surface area contributed by atoms with Crippen molar-refractivity contribution in [2.24, 2.45) is 0 Å². The Kier molecular flexibility index (Phi) is 6.49. The van der Waals surface area contributed by atoms with E-state index < -0.39 is 0 Å². The van der Waals surface area contributed by atoms with Gasteiger partial charge in [0, 0.05) is 12.5 Å². The summed E-state index contributed by atoms with van der Waals surface area (Å²) < 4.78 is 9.34. The number of phenolic OH excluding ortho intramolecular Hbond substituents is 1. The Balaban J connectivity index is 1.96. The third-order valence-electron chi connectivity index (χ3n) is 4.63. The molecule has 1 heterocycles. The van der Waals surface area contributed by atoms with Crippen molar-refractivity contribution in [1.29, 1.82) is 0 Å². The van der Waals surface area contributed by atoms with E-state index in [2.05, 4.69) is 54.5 Å². The highest BCUT2D eigenvalue weighted by molar-refractivity contribution is 14.1. The maximum absolute atomic E-state index is 13.5. The third-order valence-corrected chi connectivity index (χ3v) is 6.47. The second-order valence-electron chi connectivity index (χ2n) is 6.63. The van der Waals surface area contributed by atoms with Crippen LogP contribution in [0.1, 0.15) is 11.4 Å². The molecule has 0 saturated carbocycles. The molecule has 0 fully saturated rings. The number of hydrogen-bond donors (Lipinski definition) is 1. The van der Waals surface area contributed by atoms with Crippen LogP contribution in [0.15, 0.2) is 68.3 Å². The lowest BCUT2D eigenvalue weighted by molar-refractivity contribution is 0.373. The molecule has 8 heteroatoms. The summed E-state index contributed by atoms with van der Waals surface area (Å²) in [6, 6.07) is 16.3. The van der Waals surface area contributed by atoms with Gasteiger partial charge in [0.15, 0.2) is 11.5 Å². The Morgan fingerprint density at radius 1 is 1.06 bits per heavy atom. The molecule has 0 amide bonds. The lowest BCUT2D eigenvalue weighted by atomic mass is 10.1. The van der Waals surface area contributed by atoms with Crippen LogP contribution in [0.25, 0.3) is 28.7 Å². The molecule has 4 aromatic rings. The lowest BCUT2D eigenvalue weighted by Crippen LogP contribution is -2.22. The van der Waals surface area contributed by atoms with Gasteiger partial charge < -0.3 is 9.84 Å². The molecular formula is C23H15Br2IN2O3. The Labute approximate surface area is 208 Å². The molecule has 1 aromatic heterocycles. The largest absolute Gasteiger partial charge is 0.504 e. The van der Waals surface area contributed by atoms with Crippen molar-refractivity contribution in [1.82, 2.24) is 9.55 Å². The standard InChI is InChI=1S/C23H15Br2IN2O3/c1-31-21-10-13(2-8-20(21)29)3-9-22-27-18-7-5-15(26)12-16(18)23(30)28(22)19-11-14(24)4-6-17(19)25/h2-12,29H,1H3/b9-3+. The molecule has 1 N–H and O–H groups in total. The summed E-state index contributed by atoms with van der Waals surface area (Å²) >= 11 is 9.23. The van der Waals surface area contributed by atoms with Gasteiger partial charge in [-0.25, -0.2) is 4.98 Å². The van der Waals surface area contributed by atoms with Crippen LogP contribution in [0.5, 0.6) is 11.5 Å². The summed E-state index contributed by atoms with van der Waals surface area (Å²) in [6.45, 7) is 0. The van der Waals surface area contributed by atoms with Gasteiger partial charge in [0.1, 0.15) is 5.82 Å². The zero-order chi connectivity index (χ0) is 22.1. The monoisotopic (exact) mass is 652 g/mol. The fraction of sp³-hybridized carbons (Fsp3) is 0.0435. The molecule has 4 rings (SSSR count). The van der Waals surface area contributed by atoms with Gasteiger partial charge in [-0.1, -0.05) is 28.1 Å². The van der Waals surface area contributed by atoms with Crippen LogP contribution in [0.2, 0.25) is 0 Å². The molecule has 0 aliphatic carbocycles. The van der Waals surface area contributed by atoms with Gasteiger partial charge in [0.2, 0.25) is 0 Å². The van der Waals surface area contributed by atoms with Gasteiger partial charge in [-0.05, 0) is 98.7 Å². The van der Waals surface area contributed by atoms with Crippen molar-refractivity contribution in [3.05, 3.63) is 88.9 Å². The van der Waals surface area contributed by atoms with E-state index in [-0.39, 0.29) is 11.3 Å². The topological polar surface area (TPSA) is 64.3 Å². The van der Waals surface area contributed by atoms with E-state index in [1.807, 2.05) is 42.5 Å². The molecule has 0 saturated heterocycles. The second kappa shape index (κ2) is 9.13. The highest BCUT2D eigenvalue weighted by Crippen LogP contribution is 2.28. The van der Waals surface area contributed by atoms with E-state index in [9.17, 15) is 9.90 Å². The highest BCUT2D eigenvalue weighted by atomic mass is 127. The summed E-state index contributed by atoms with van der Waals surface area (Å²) in [5.74, 6) is 0.910. The van der Waals surface area contributed by atoms with Crippen LogP contribution < -0.4 is 10.3 Å². The van der Waals surface area contributed by atoms with Gasteiger partial charge in [-0.15, -0.1) is 0 Å². The van der Waals surface area contributed by atoms with Crippen molar-refractivity contribution in [2.75, 3.05) is 7.11 Å². The van der Waals surface area contributed by atoms with E-state index >= 15 is 0 Å². The van der Waals surface area contributed by atoms with Crippen molar-refractivity contribution in [3.8, 4) is 17.2 Å². The van der Waals surface area contributed by atoms with Crippen LogP contribution in [0, 0.1) is 3.57 Å². The fourth-order valence-electron chi connectivity index (χ4n) is 3.15. The summed E-state index contributed by atoms with van der Waals surface area (Å²) in [5, 5.41) is 10.4. The van der Waals surface area contributed by atoms with Crippen molar-refractivity contribution >= 4 is 77.5 Å². The highest BCUT2D eigenvalue weighted by Gasteiger charge is 2.14. The molecule has 5 nitrogen and oxygen atoms in total. The number of hydrogen-bond acceptors (Lipinski definition) is 4. The summed E-state index contributed by atoms with van der Waals surface area (Å²) in [7, 11) is 1.50.